The van der Waals surface area contributed by atoms with Crippen molar-refractivity contribution in [2.45, 2.75) is 6.92 Å². The molecule has 0 heterocycles. The van der Waals surface area contributed by atoms with Crippen molar-refractivity contribution >= 4 is 17.6 Å². The average Bonchev–Trinajstić information content (AvgIpc) is 2.49. The molecule has 21 heavy (non-hydrogen) atoms. The molecule has 5 heteroatoms. The number of carbonyl (C=O) groups excluding carboxylic acids is 1. The molecule has 2 rings (SSSR count). The number of hydrogen-bond acceptors (Lipinski definition) is 4. The van der Waals surface area contributed by atoms with Gasteiger partial charge in [-0.2, -0.15) is 0 Å². The van der Waals surface area contributed by atoms with Crippen LogP contribution in [-0.2, 0) is 0 Å². The summed E-state index contributed by atoms with van der Waals surface area (Å²) in [5, 5.41) is 0.592. The van der Waals surface area contributed by atoms with Crippen molar-refractivity contribution in [3.63, 3.8) is 0 Å². The Morgan fingerprint density at radius 2 is 1.76 bits per heavy atom. The largest absolute Gasteiger partial charge is 0.497 e. The van der Waals surface area contributed by atoms with Gasteiger partial charge in [-0.3, -0.25) is 0 Å². The molecule has 0 unspecified atom stereocenters. The third-order valence-corrected chi connectivity index (χ3v) is 3.20. The SMILES string of the molecule is COc1ccc(C(=O)Oc2ccc(Cl)cc2C)c(OC)c1. The molecule has 0 N–H and O–H groups in total. The molecule has 0 aromatic heterocycles. The summed E-state index contributed by atoms with van der Waals surface area (Å²) in [6, 6.07) is 9.97. The van der Waals surface area contributed by atoms with Crippen LogP contribution in [0, 0.1) is 6.92 Å². The Kier molecular flexibility index (Phi) is 4.70. The minimum absolute atomic E-state index is 0.327. The third-order valence-electron chi connectivity index (χ3n) is 2.97. The zero-order valence-corrected chi connectivity index (χ0v) is 12.7. The number of hydrogen-bond donors (Lipinski definition) is 0. The molecule has 0 saturated carbocycles. The number of benzene rings is 2. The third kappa shape index (κ3) is 3.47. The first-order valence-corrected chi connectivity index (χ1v) is 6.63. The van der Waals surface area contributed by atoms with E-state index in [1.807, 2.05) is 6.92 Å². The fourth-order valence-corrected chi connectivity index (χ4v) is 2.08. The van der Waals surface area contributed by atoms with Crippen LogP contribution in [-0.4, -0.2) is 20.2 Å². The molecule has 0 spiro atoms. The first-order valence-electron chi connectivity index (χ1n) is 6.25. The van der Waals surface area contributed by atoms with Crippen LogP contribution in [0.2, 0.25) is 5.02 Å². The molecule has 0 bridgehead atoms. The molecular weight excluding hydrogens is 292 g/mol. The predicted octanol–water partition coefficient (Wildman–Crippen LogP) is 3.88. The number of methoxy groups -OCH3 is 2. The second kappa shape index (κ2) is 6.50. The maximum absolute atomic E-state index is 12.3. The summed E-state index contributed by atoms with van der Waals surface area (Å²) in [5.41, 5.74) is 1.11. The molecule has 2 aromatic carbocycles. The Hall–Kier alpha value is -2.20. The highest BCUT2D eigenvalue weighted by atomic mass is 35.5. The van der Waals surface area contributed by atoms with Crippen molar-refractivity contribution in [2.75, 3.05) is 14.2 Å². The van der Waals surface area contributed by atoms with Gasteiger partial charge in [-0.15, -0.1) is 0 Å². The monoisotopic (exact) mass is 306 g/mol. The van der Waals surface area contributed by atoms with E-state index in [1.54, 1.807) is 43.5 Å². The summed E-state index contributed by atoms with van der Waals surface area (Å²) in [4.78, 5) is 12.3. The van der Waals surface area contributed by atoms with Crippen molar-refractivity contribution in [3.8, 4) is 17.2 Å². The van der Waals surface area contributed by atoms with Crippen LogP contribution < -0.4 is 14.2 Å². The molecule has 0 aliphatic rings. The summed E-state index contributed by atoms with van der Waals surface area (Å²) >= 11 is 5.88. The molecule has 4 nitrogen and oxygen atoms in total. The zero-order valence-electron chi connectivity index (χ0n) is 12.0. The lowest BCUT2D eigenvalue weighted by Gasteiger charge is -2.11. The fourth-order valence-electron chi connectivity index (χ4n) is 1.85. The van der Waals surface area contributed by atoms with Gasteiger partial charge in [-0.05, 0) is 42.8 Å². The fraction of sp³-hybridized carbons (Fsp3) is 0.188. The van der Waals surface area contributed by atoms with Crippen molar-refractivity contribution in [3.05, 3.63) is 52.5 Å². The van der Waals surface area contributed by atoms with Crippen LogP contribution in [0.25, 0.3) is 0 Å². The summed E-state index contributed by atoms with van der Waals surface area (Å²) in [7, 11) is 3.03. The molecule has 0 atom stereocenters. The minimum Gasteiger partial charge on any atom is -0.497 e. The van der Waals surface area contributed by atoms with Crippen LogP contribution in [0.5, 0.6) is 17.2 Å². The van der Waals surface area contributed by atoms with Crippen LogP contribution in [0.15, 0.2) is 36.4 Å². The number of esters is 1. The standard InChI is InChI=1S/C16H15ClO4/c1-10-8-11(17)4-7-14(10)21-16(18)13-6-5-12(19-2)9-15(13)20-3/h4-9H,1-3H3. The van der Waals surface area contributed by atoms with Gasteiger partial charge in [-0.25, -0.2) is 4.79 Å². The molecular formula is C16H15ClO4. The van der Waals surface area contributed by atoms with E-state index in [2.05, 4.69) is 0 Å². The van der Waals surface area contributed by atoms with Gasteiger partial charge in [0.05, 0.1) is 14.2 Å². The Labute approximate surface area is 128 Å². The lowest BCUT2D eigenvalue weighted by molar-refractivity contribution is 0.0730. The van der Waals surface area contributed by atoms with Crippen molar-refractivity contribution < 1.29 is 19.0 Å². The number of halogens is 1. The van der Waals surface area contributed by atoms with Gasteiger partial charge < -0.3 is 14.2 Å². The molecule has 0 fully saturated rings. The average molecular weight is 307 g/mol. The van der Waals surface area contributed by atoms with Crippen LogP contribution >= 0.6 is 11.6 Å². The summed E-state index contributed by atoms with van der Waals surface area (Å²) in [6.45, 7) is 1.82. The van der Waals surface area contributed by atoms with Crippen molar-refractivity contribution in [1.82, 2.24) is 0 Å². The highest BCUT2D eigenvalue weighted by Crippen LogP contribution is 2.27. The van der Waals surface area contributed by atoms with Crippen LogP contribution in [0.3, 0.4) is 0 Å². The summed E-state index contributed by atoms with van der Waals surface area (Å²) in [5.74, 6) is 0.958. The molecule has 2 aromatic rings. The highest BCUT2D eigenvalue weighted by Gasteiger charge is 2.16. The quantitative estimate of drug-likeness (QED) is 0.635. The minimum atomic E-state index is -0.500. The first-order chi connectivity index (χ1) is 10.0. The highest BCUT2D eigenvalue weighted by molar-refractivity contribution is 6.30. The zero-order chi connectivity index (χ0) is 15.4. The second-order valence-electron chi connectivity index (χ2n) is 4.37. The maximum atomic E-state index is 12.3. The van der Waals surface area contributed by atoms with E-state index in [4.69, 9.17) is 25.8 Å². The van der Waals surface area contributed by atoms with Crippen molar-refractivity contribution in [1.29, 1.82) is 0 Å². The number of ether oxygens (including phenoxy) is 3. The van der Waals surface area contributed by atoms with Crippen LogP contribution in [0.1, 0.15) is 15.9 Å². The van der Waals surface area contributed by atoms with E-state index < -0.39 is 5.97 Å². The first kappa shape index (κ1) is 15.2. The van der Waals surface area contributed by atoms with Gasteiger partial charge in [0.1, 0.15) is 22.8 Å². The Bertz CT molecular complexity index is 667. The van der Waals surface area contributed by atoms with E-state index in [0.717, 1.165) is 5.56 Å². The second-order valence-corrected chi connectivity index (χ2v) is 4.80. The van der Waals surface area contributed by atoms with E-state index in [9.17, 15) is 4.79 Å². The van der Waals surface area contributed by atoms with Crippen LogP contribution in [0.4, 0.5) is 0 Å². The molecule has 110 valence electrons. The van der Waals surface area contributed by atoms with E-state index in [-0.39, 0.29) is 0 Å². The number of carbonyl (C=O) groups is 1. The normalized spacial score (nSPS) is 10.1. The summed E-state index contributed by atoms with van der Waals surface area (Å²) < 4.78 is 15.7. The lowest BCUT2D eigenvalue weighted by atomic mass is 10.2. The number of rotatable bonds is 4. The Morgan fingerprint density at radius 3 is 2.38 bits per heavy atom. The topological polar surface area (TPSA) is 44.8 Å². The van der Waals surface area contributed by atoms with E-state index >= 15 is 0 Å². The smallest absolute Gasteiger partial charge is 0.347 e. The molecule has 0 aliphatic carbocycles. The number of aryl methyl sites for hydroxylation is 1. The van der Waals surface area contributed by atoms with Gasteiger partial charge in [-0.1, -0.05) is 11.6 Å². The maximum Gasteiger partial charge on any atom is 0.347 e. The van der Waals surface area contributed by atoms with E-state index in [0.29, 0.717) is 27.8 Å². The molecule has 0 radical (unpaired) electrons. The predicted molar refractivity (Wildman–Crippen MR) is 80.7 cm³/mol. The lowest BCUT2D eigenvalue weighted by Crippen LogP contribution is -2.11. The Balaban J connectivity index is 2.28. The van der Waals surface area contributed by atoms with Gasteiger partial charge in [0.25, 0.3) is 0 Å². The molecule has 0 aliphatic heterocycles. The molecule has 0 saturated heterocycles. The van der Waals surface area contributed by atoms with Gasteiger partial charge >= 0.3 is 5.97 Å². The molecule has 0 amide bonds. The van der Waals surface area contributed by atoms with Gasteiger partial charge in [0.15, 0.2) is 0 Å². The van der Waals surface area contributed by atoms with Crippen molar-refractivity contribution in [2.24, 2.45) is 0 Å². The Morgan fingerprint density at radius 1 is 1.00 bits per heavy atom. The van der Waals surface area contributed by atoms with Gasteiger partial charge in [0.2, 0.25) is 0 Å². The van der Waals surface area contributed by atoms with E-state index in [1.165, 1.54) is 7.11 Å². The van der Waals surface area contributed by atoms with Gasteiger partial charge in [0, 0.05) is 11.1 Å². The summed E-state index contributed by atoms with van der Waals surface area (Å²) in [6.07, 6.45) is 0.